The topological polar surface area (TPSA) is 67.3 Å². The van der Waals surface area contributed by atoms with Crippen molar-refractivity contribution in [3.05, 3.63) is 59.9 Å². The summed E-state index contributed by atoms with van der Waals surface area (Å²) in [5, 5.41) is 3.92. The fourth-order valence-electron chi connectivity index (χ4n) is 3.08. The Hall–Kier alpha value is -3.15. The van der Waals surface area contributed by atoms with Gasteiger partial charge in [0.2, 0.25) is 0 Å². The number of carbonyl (C=O) groups excluding carboxylic acids is 1. The van der Waals surface area contributed by atoms with E-state index in [9.17, 15) is 4.79 Å². The van der Waals surface area contributed by atoms with E-state index in [2.05, 4.69) is 21.4 Å². The molecule has 1 aliphatic heterocycles. The van der Waals surface area contributed by atoms with E-state index < -0.39 is 0 Å². The molecule has 0 fully saturated rings. The maximum Gasteiger partial charge on any atom is 0.322 e. The second-order valence-corrected chi connectivity index (χ2v) is 5.95. The molecule has 2 aromatic heterocycles. The number of para-hydroxylation sites is 2. The van der Waals surface area contributed by atoms with Crippen molar-refractivity contribution in [3.8, 4) is 5.75 Å². The van der Waals surface area contributed by atoms with Gasteiger partial charge < -0.3 is 15.0 Å². The number of hydrogen-bond acceptors (Lipinski definition) is 4. The third-order valence-corrected chi connectivity index (χ3v) is 4.37. The molecule has 3 aromatic rings. The monoisotopic (exact) mass is 334 g/mol. The lowest BCUT2D eigenvalue weighted by Gasteiger charge is -2.28. The first-order chi connectivity index (χ1) is 12.2. The van der Waals surface area contributed by atoms with Crippen molar-refractivity contribution < 1.29 is 9.53 Å². The molecule has 6 nitrogen and oxygen atoms in total. The van der Waals surface area contributed by atoms with Crippen LogP contribution in [0.3, 0.4) is 0 Å². The fraction of sp³-hybridized carbons (Fsp3) is 0.211. The average molecular weight is 334 g/mol. The van der Waals surface area contributed by atoms with Crippen LogP contribution in [0.5, 0.6) is 5.75 Å². The minimum Gasteiger partial charge on any atom is -0.495 e. The zero-order chi connectivity index (χ0) is 17.2. The SMILES string of the molecule is COc1ccccc1NC(=O)N1CCc2nc3ncccc3cc2C1. The van der Waals surface area contributed by atoms with Gasteiger partial charge in [-0.1, -0.05) is 12.1 Å². The molecule has 1 aromatic carbocycles. The Morgan fingerprint density at radius 2 is 2.12 bits per heavy atom. The van der Waals surface area contributed by atoms with Crippen LogP contribution in [0, 0.1) is 0 Å². The van der Waals surface area contributed by atoms with E-state index in [1.807, 2.05) is 36.4 Å². The van der Waals surface area contributed by atoms with Gasteiger partial charge in [-0.3, -0.25) is 0 Å². The Balaban J connectivity index is 1.55. The normalized spacial score (nSPS) is 13.4. The molecule has 1 N–H and O–H groups in total. The number of anilines is 1. The molecule has 2 amide bonds. The van der Waals surface area contributed by atoms with E-state index >= 15 is 0 Å². The van der Waals surface area contributed by atoms with Crippen LogP contribution in [0.2, 0.25) is 0 Å². The first-order valence-electron chi connectivity index (χ1n) is 8.17. The number of ether oxygens (including phenoxy) is 1. The molecule has 0 radical (unpaired) electrons. The molecule has 1 aliphatic rings. The predicted octanol–water partition coefficient (Wildman–Crippen LogP) is 3.23. The van der Waals surface area contributed by atoms with E-state index in [0.29, 0.717) is 24.5 Å². The van der Waals surface area contributed by atoms with Gasteiger partial charge in [0.05, 0.1) is 12.8 Å². The Morgan fingerprint density at radius 1 is 1.24 bits per heavy atom. The van der Waals surface area contributed by atoms with E-state index in [4.69, 9.17) is 4.74 Å². The number of carbonyl (C=O) groups is 1. The van der Waals surface area contributed by atoms with Crippen molar-refractivity contribution in [2.24, 2.45) is 0 Å². The highest BCUT2D eigenvalue weighted by Crippen LogP contribution is 2.25. The van der Waals surface area contributed by atoms with E-state index in [1.54, 1.807) is 18.2 Å². The minimum atomic E-state index is -0.138. The summed E-state index contributed by atoms with van der Waals surface area (Å²) in [4.78, 5) is 23.4. The van der Waals surface area contributed by atoms with Crippen LogP contribution < -0.4 is 10.1 Å². The van der Waals surface area contributed by atoms with E-state index in [0.717, 1.165) is 28.7 Å². The van der Waals surface area contributed by atoms with Crippen LogP contribution in [0.1, 0.15) is 11.3 Å². The predicted molar refractivity (Wildman–Crippen MR) is 95.7 cm³/mol. The maximum atomic E-state index is 12.6. The third kappa shape index (κ3) is 2.98. The zero-order valence-electron chi connectivity index (χ0n) is 13.9. The summed E-state index contributed by atoms with van der Waals surface area (Å²) in [6.45, 7) is 1.16. The second-order valence-electron chi connectivity index (χ2n) is 5.95. The smallest absolute Gasteiger partial charge is 0.322 e. The second kappa shape index (κ2) is 6.39. The van der Waals surface area contributed by atoms with Crippen LogP contribution in [0.4, 0.5) is 10.5 Å². The van der Waals surface area contributed by atoms with Gasteiger partial charge in [-0.15, -0.1) is 0 Å². The number of nitrogens with one attached hydrogen (secondary N) is 1. The molecule has 0 saturated heterocycles. The van der Waals surface area contributed by atoms with Crippen molar-refractivity contribution in [3.63, 3.8) is 0 Å². The van der Waals surface area contributed by atoms with Crippen molar-refractivity contribution >= 4 is 22.8 Å². The highest BCUT2D eigenvalue weighted by atomic mass is 16.5. The van der Waals surface area contributed by atoms with Crippen molar-refractivity contribution in [1.29, 1.82) is 0 Å². The Labute approximate surface area is 145 Å². The summed E-state index contributed by atoms with van der Waals surface area (Å²) in [6.07, 6.45) is 2.47. The number of amides is 2. The van der Waals surface area contributed by atoms with Gasteiger partial charge in [0.25, 0.3) is 0 Å². The summed E-state index contributed by atoms with van der Waals surface area (Å²) >= 11 is 0. The molecule has 0 unspecified atom stereocenters. The van der Waals surface area contributed by atoms with Gasteiger partial charge in [0.15, 0.2) is 5.65 Å². The van der Waals surface area contributed by atoms with Crippen molar-refractivity contribution in [2.45, 2.75) is 13.0 Å². The summed E-state index contributed by atoms with van der Waals surface area (Å²) < 4.78 is 5.29. The molecule has 3 heterocycles. The molecule has 6 heteroatoms. The van der Waals surface area contributed by atoms with Crippen molar-refractivity contribution in [1.82, 2.24) is 14.9 Å². The van der Waals surface area contributed by atoms with Gasteiger partial charge in [-0.05, 0) is 35.9 Å². The molecule has 0 spiro atoms. The first-order valence-corrected chi connectivity index (χ1v) is 8.17. The average Bonchev–Trinajstić information content (AvgIpc) is 2.66. The Morgan fingerprint density at radius 3 is 3.00 bits per heavy atom. The Bertz CT molecular complexity index is 942. The molecule has 0 bridgehead atoms. The van der Waals surface area contributed by atoms with Crippen molar-refractivity contribution in [2.75, 3.05) is 19.0 Å². The molecule has 25 heavy (non-hydrogen) atoms. The quantitative estimate of drug-likeness (QED) is 0.781. The largest absolute Gasteiger partial charge is 0.495 e. The van der Waals surface area contributed by atoms with Gasteiger partial charge >= 0.3 is 6.03 Å². The number of methoxy groups -OCH3 is 1. The van der Waals surface area contributed by atoms with E-state index in [-0.39, 0.29) is 6.03 Å². The fourth-order valence-corrected chi connectivity index (χ4v) is 3.08. The lowest BCUT2D eigenvalue weighted by atomic mass is 10.0. The number of benzene rings is 1. The molecule has 0 atom stereocenters. The minimum absolute atomic E-state index is 0.138. The number of aromatic nitrogens is 2. The maximum absolute atomic E-state index is 12.6. The molecule has 0 aliphatic carbocycles. The van der Waals surface area contributed by atoms with Crippen LogP contribution in [-0.2, 0) is 13.0 Å². The summed E-state index contributed by atoms with van der Waals surface area (Å²) in [7, 11) is 1.59. The van der Waals surface area contributed by atoms with Gasteiger partial charge in [-0.25, -0.2) is 14.8 Å². The van der Waals surface area contributed by atoms with Crippen LogP contribution >= 0.6 is 0 Å². The molecule has 4 rings (SSSR count). The number of urea groups is 1. The zero-order valence-corrected chi connectivity index (χ0v) is 13.9. The lowest BCUT2D eigenvalue weighted by molar-refractivity contribution is 0.206. The van der Waals surface area contributed by atoms with Crippen LogP contribution in [-0.4, -0.2) is 34.6 Å². The summed E-state index contributed by atoms with van der Waals surface area (Å²) in [5.74, 6) is 0.645. The number of hydrogen-bond donors (Lipinski definition) is 1. The molecular weight excluding hydrogens is 316 g/mol. The summed E-state index contributed by atoms with van der Waals surface area (Å²) in [5.41, 5.74) is 3.52. The highest BCUT2D eigenvalue weighted by Gasteiger charge is 2.23. The van der Waals surface area contributed by atoms with Crippen LogP contribution in [0.15, 0.2) is 48.7 Å². The van der Waals surface area contributed by atoms with E-state index in [1.165, 1.54) is 0 Å². The number of nitrogens with zero attached hydrogens (tertiary/aromatic N) is 3. The molecule has 0 saturated carbocycles. The third-order valence-electron chi connectivity index (χ3n) is 4.37. The van der Waals surface area contributed by atoms with Gasteiger partial charge in [-0.2, -0.15) is 0 Å². The molecule has 126 valence electrons. The van der Waals surface area contributed by atoms with Gasteiger partial charge in [0.1, 0.15) is 5.75 Å². The standard InChI is InChI=1S/C19H18N4O2/c1-25-17-7-3-2-6-16(17)22-19(24)23-10-8-15-14(12-23)11-13-5-4-9-20-18(13)21-15/h2-7,9,11H,8,10,12H2,1H3,(H,22,24). The lowest BCUT2D eigenvalue weighted by Crippen LogP contribution is -2.39. The Kier molecular flexibility index (Phi) is 3.93. The van der Waals surface area contributed by atoms with Gasteiger partial charge in [0, 0.05) is 36.8 Å². The molecular formula is C19H18N4O2. The van der Waals surface area contributed by atoms with Crippen LogP contribution in [0.25, 0.3) is 11.0 Å². The number of fused-ring (bicyclic) bond motifs is 2. The number of rotatable bonds is 2. The number of pyridine rings is 2. The first kappa shape index (κ1) is 15.4. The highest BCUT2D eigenvalue weighted by molar-refractivity contribution is 5.91. The summed E-state index contributed by atoms with van der Waals surface area (Å²) in [6, 6.07) is 13.2.